The molecule has 1 heterocycles. The van der Waals surface area contributed by atoms with E-state index in [9.17, 15) is 5.11 Å². The number of aryl methyl sites for hydroxylation is 1. The minimum atomic E-state index is 0.325. The fourth-order valence-corrected chi connectivity index (χ4v) is 1.20. The van der Waals surface area contributed by atoms with Crippen LogP contribution in [0.2, 0.25) is 0 Å². The summed E-state index contributed by atoms with van der Waals surface area (Å²) >= 11 is 2.08. The van der Waals surface area contributed by atoms with Crippen LogP contribution in [0.4, 0.5) is 0 Å². The maximum Gasteiger partial charge on any atom is 0.150 e. The molecule has 0 saturated carbocycles. The molecule has 10 heavy (non-hydrogen) atoms. The number of aromatic nitrogens is 1. The highest BCUT2D eigenvalue weighted by atomic mass is 127. The van der Waals surface area contributed by atoms with Crippen molar-refractivity contribution in [2.24, 2.45) is 0 Å². The van der Waals surface area contributed by atoms with E-state index in [2.05, 4.69) is 27.6 Å². The van der Waals surface area contributed by atoms with Crippen molar-refractivity contribution in [3.63, 3.8) is 0 Å². The molecule has 0 radical (unpaired) electrons. The third-order valence-electron chi connectivity index (χ3n) is 1.29. The summed E-state index contributed by atoms with van der Waals surface area (Å²) in [5, 5.41) is 9.33. The third kappa shape index (κ3) is 1.39. The Bertz CT molecular complexity index is 237. The quantitative estimate of drug-likeness (QED) is 0.771. The van der Waals surface area contributed by atoms with Gasteiger partial charge in [0.1, 0.15) is 5.75 Å². The van der Waals surface area contributed by atoms with E-state index >= 15 is 0 Å². The Hall–Kier alpha value is -0.320. The highest BCUT2D eigenvalue weighted by Gasteiger charge is 2.01. The van der Waals surface area contributed by atoms with E-state index in [0.29, 0.717) is 5.75 Å². The van der Waals surface area contributed by atoms with Gasteiger partial charge in [0.25, 0.3) is 0 Å². The number of hydrogen-bond donors (Lipinski definition) is 1. The van der Waals surface area contributed by atoms with E-state index in [4.69, 9.17) is 0 Å². The average Bonchev–Trinajstić information content (AvgIpc) is 1.95. The lowest BCUT2D eigenvalue weighted by Crippen LogP contribution is -1.88. The Morgan fingerprint density at radius 1 is 1.70 bits per heavy atom. The summed E-state index contributed by atoms with van der Waals surface area (Å²) in [6.45, 7) is 1.97. The monoisotopic (exact) mass is 249 g/mol. The molecule has 1 aromatic heterocycles. The third-order valence-corrected chi connectivity index (χ3v) is 2.16. The van der Waals surface area contributed by atoms with Crippen molar-refractivity contribution in [2.75, 3.05) is 0 Å². The molecule has 0 saturated heterocycles. The van der Waals surface area contributed by atoms with Crippen molar-refractivity contribution in [3.8, 4) is 5.75 Å². The molecule has 0 amide bonds. The van der Waals surface area contributed by atoms with E-state index in [1.54, 1.807) is 12.3 Å². The van der Waals surface area contributed by atoms with Crippen LogP contribution in [-0.2, 0) is 6.42 Å². The van der Waals surface area contributed by atoms with E-state index < -0.39 is 0 Å². The van der Waals surface area contributed by atoms with Gasteiger partial charge in [-0.3, -0.25) is 4.98 Å². The first-order valence-corrected chi connectivity index (χ1v) is 4.16. The van der Waals surface area contributed by atoms with E-state index in [-0.39, 0.29) is 0 Å². The first-order valence-electron chi connectivity index (χ1n) is 3.08. The molecule has 3 heteroatoms. The van der Waals surface area contributed by atoms with Gasteiger partial charge in [-0.1, -0.05) is 6.92 Å². The molecule has 1 rings (SSSR count). The molecule has 54 valence electrons. The Morgan fingerprint density at radius 2 is 2.40 bits per heavy atom. The fraction of sp³-hybridized carbons (Fsp3) is 0.286. The molecule has 0 spiro atoms. The Balaban J connectivity index is 3.14. The SMILES string of the molecule is CCc1nccc(I)c1O. The Labute approximate surface area is 73.4 Å². The van der Waals surface area contributed by atoms with Crippen LogP contribution < -0.4 is 0 Å². The summed E-state index contributed by atoms with van der Waals surface area (Å²) in [5.74, 6) is 0.325. The number of aromatic hydroxyl groups is 1. The number of rotatable bonds is 1. The van der Waals surface area contributed by atoms with E-state index in [1.807, 2.05) is 6.92 Å². The minimum Gasteiger partial charge on any atom is -0.505 e. The van der Waals surface area contributed by atoms with Crippen molar-refractivity contribution < 1.29 is 5.11 Å². The molecule has 1 N–H and O–H groups in total. The van der Waals surface area contributed by atoms with Crippen LogP contribution >= 0.6 is 22.6 Å². The smallest absolute Gasteiger partial charge is 0.150 e. The highest BCUT2D eigenvalue weighted by molar-refractivity contribution is 14.1. The average molecular weight is 249 g/mol. The molecule has 2 nitrogen and oxygen atoms in total. The summed E-state index contributed by atoms with van der Waals surface area (Å²) in [6, 6.07) is 1.79. The van der Waals surface area contributed by atoms with Gasteiger partial charge in [0, 0.05) is 6.20 Å². The fourth-order valence-electron chi connectivity index (χ4n) is 0.729. The second-order valence-electron chi connectivity index (χ2n) is 1.94. The summed E-state index contributed by atoms with van der Waals surface area (Å²) in [7, 11) is 0. The van der Waals surface area contributed by atoms with Crippen molar-refractivity contribution in [2.45, 2.75) is 13.3 Å². The molecule has 0 atom stereocenters. The molecule has 0 aromatic carbocycles. The van der Waals surface area contributed by atoms with Gasteiger partial charge >= 0.3 is 0 Å². The first kappa shape index (κ1) is 7.78. The van der Waals surface area contributed by atoms with Gasteiger partial charge in [-0.25, -0.2) is 0 Å². The highest BCUT2D eigenvalue weighted by Crippen LogP contribution is 2.21. The predicted octanol–water partition coefficient (Wildman–Crippen LogP) is 1.95. The molecule has 0 unspecified atom stereocenters. The van der Waals surface area contributed by atoms with Gasteiger partial charge in [-0.2, -0.15) is 0 Å². The molecule has 0 bridgehead atoms. The van der Waals surface area contributed by atoms with Crippen molar-refractivity contribution in [1.29, 1.82) is 0 Å². The van der Waals surface area contributed by atoms with E-state index in [1.165, 1.54) is 0 Å². The van der Waals surface area contributed by atoms with Crippen molar-refractivity contribution in [3.05, 3.63) is 21.5 Å². The van der Waals surface area contributed by atoms with Crippen LogP contribution in [0.3, 0.4) is 0 Å². The summed E-state index contributed by atoms with van der Waals surface area (Å²) in [4.78, 5) is 4.00. The van der Waals surface area contributed by atoms with Crippen LogP contribution in [-0.4, -0.2) is 10.1 Å². The van der Waals surface area contributed by atoms with Gasteiger partial charge in [0.2, 0.25) is 0 Å². The normalized spacial score (nSPS) is 9.80. The van der Waals surface area contributed by atoms with Crippen LogP contribution in [0.1, 0.15) is 12.6 Å². The van der Waals surface area contributed by atoms with Crippen LogP contribution in [0, 0.1) is 3.57 Å². The Kier molecular flexibility index (Phi) is 2.48. The number of pyridine rings is 1. The molecular weight excluding hydrogens is 241 g/mol. The van der Waals surface area contributed by atoms with E-state index in [0.717, 1.165) is 15.7 Å². The number of halogens is 1. The summed E-state index contributed by atoms with van der Waals surface area (Å²) in [5.41, 5.74) is 0.770. The second-order valence-corrected chi connectivity index (χ2v) is 3.10. The molecule has 0 fully saturated rings. The zero-order valence-electron chi connectivity index (χ0n) is 5.63. The molecule has 0 aliphatic carbocycles. The van der Waals surface area contributed by atoms with Gasteiger partial charge in [0.05, 0.1) is 9.26 Å². The molecule has 0 aliphatic rings. The van der Waals surface area contributed by atoms with Gasteiger partial charge in [-0.05, 0) is 35.1 Å². The topological polar surface area (TPSA) is 33.1 Å². The molecule has 1 aromatic rings. The predicted molar refractivity (Wildman–Crippen MR) is 48.0 cm³/mol. The maximum atomic E-state index is 9.33. The first-order chi connectivity index (χ1) is 4.75. The second kappa shape index (κ2) is 3.18. The van der Waals surface area contributed by atoms with Crippen molar-refractivity contribution in [1.82, 2.24) is 4.98 Å². The molecule has 0 aliphatic heterocycles. The van der Waals surface area contributed by atoms with Gasteiger partial charge in [0.15, 0.2) is 0 Å². The van der Waals surface area contributed by atoms with Gasteiger partial charge in [-0.15, -0.1) is 0 Å². The van der Waals surface area contributed by atoms with Crippen LogP contribution in [0.5, 0.6) is 5.75 Å². The Morgan fingerprint density at radius 3 is 2.90 bits per heavy atom. The largest absolute Gasteiger partial charge is 0.505 e. The minimum absolute atomic E-state index is 0.325. The number of hydrogen-bond acceptors (Lipinski definition) is 2. The zero-order chi connectivity index (χ0) is 7.56. The van der Waals surface area contributed by atoms with Gasteiger partial charge < -0.3 is 5.11 Å². The lowest BCUT2D eigenvalue weighted by atomic mass is 10.3. The lowest BCUT2D eigenvalue weighted by Gasteiger charge is -2.00. The maximum absolute atomic E-state index is 9.33. The lowest BCUT2D eigenvalue weighted by molar-refractivity contribution is 0.461. The number of nitrogens with zero attached hydrogens (tertiary/aromatic N) is 1. The summed E-state index contributed by atoms with van der Waals surface area (Å²) < 4.78 is 0.865. The molecular formula is C7H8INO. The standard InChI is InChI=1S/C7H8INO/c1-2-6-7(10)5(8)3-4-9-6/h3-4,10H,2H2,1H3. The van der Waals surface area contributed by atoms with Crippen LogP contribution in [0.25, 0.3) is 0 Å². The van der Waals surface area contributed by atoms with Crippen molar-refractivity contribution >= 4 is 22.6 Å². The zero-order valence-corrected chi connectivity index (χ0v) is 7.79. The van der Waals surface area contributed by atoms with Crippen LogP contribution in [0.15, 0.2) is 12.3 Å². The summed E-state index contributed by atoms with van der Waals surface area (Å²) in [6.07, 6.45) is 2.49.